The van der Waals surface area contributed by atoms with E-state index in [1.807, 2.05) is 6.07 Å². The van der Waals surface area contributed by atoms with Crippen LogP contribution in [-0.2, 0) is 0 Å². The Morgan fingerprint density at radius 2 is 1.94 bits per heavy atom. The highest BCUT2D eigenvalue weighted by atomic mass is 16.5. The largest absolute Gasteiger partial charge is 0.496 e. The number of methoxy groups -OCH3 is 1. The second-order valence-electron chi connectivity index (χ2n) is 4.48. The average molecular weight is 250 g/mol. The zero-order valence-corrected chi connectivity index (χ0v) is 10.7. The van der Waals surface area contributed by atoms with Crippen LogP contribution in [0.25, 0.3) is 0 Å². The van der Waals surface area contributed by atoms with Crippen LogP contribution in [0.4, 0.5) is 5.69 Å². The molecule has 98 valence electrons. The molecule has 0 unspecified atom stereocenters. The van der Waals surface area contributed by atoms with Crippen molar-refractivity contribution in [2.75, 3.05) is 45.2 Å². The van der Waals surface area contributed by atoms with E-state index in [0.717, 1.165) is 31.9 Å². The van der Waals surface area contributed by atoms with E-state index >= 15 is 0 Å². The highest BCUT2D eigenvalue weighted by Crippen LogP contribution is 2.26. The van der Waals surface area contributed by atoms with Crippen LogP contribution in [0.3, 0.4) is 0 Å². The molecule has 18 heavy (non-hydrogen) atoms. The number of hydrogen-bond donors (Lipinski definition) is 1. The zero-order chi connectivity index (χ0) is 13.1. The fourth-order valence-corrected chi connectivity index (χ4v) is 2.12. The highest BCUT2D eigenvalue weighted by molar-refractivity contribution is 5.91. The van der Waals surface area contributed by atoms with Gasteiger partial charge >= 0.3 is 5.97 Å². The van der Waals surface area contributed by atoms with E-state index in [1.54, 1.807) is 12.1 Å². The molecule has 1 aliphatic rings. The molecule has 0 aromatic heterocycles. The molecule has 0 amide bonds. The lowest BCUT2D eigenvalue weighted by Crippen LogP contribution is -2.44. The van der Waals surface area contributed by atoms with E-state index in [2.05, 4.69) is 16.8 Å². The minimum absolute atomic E-state index is 0.204. The summed E-state index contributed by atoms with van der Waals surface area (Å²) >= 11 is 0. The molecule has 0 saturated carbocycles. The van der Waals surface area contributed by atoms with E-state index in [1.165, 1.54) is 7.11 Å². The Morgan fingerprint density at radius 1 is 1.28 bits per heavy atom. The summed E-state index contributed by atoms with van der Waals surface area (Å²) < 4.78 is 5.14. The first-order chi connectivity index (χ1) is 8.61. The van der Waals surface area contributed by atoms with Crippen LogP contribution in [0, 0.1) is 0 Å². The standard InChI is InChI=1S/C13H18N2O3/c1-14-5-7-15(8-6-14)10-3-4-11(13(16)17)12(9-10)18-2/h3-4,9H,5-8H2,1-2H3,(H,16,17). The minimum Gasteiger partial charge on any atom is -0.496 e. The number of carboxylic acids is 1. The van der Waals surface area contributed by atoms with Gasteiger partial charge in [-0.25, -0.2) is 4.79 Å². The number of carbonyl (C=O) groups is 1. The molecule has 1 N–H and O–H groups in total. The molecule has 0 aliphatic carbocycles. The van der Waals surface area contributed by atoms with Gasteiger partial charge in [0.05, 0.1) is 7.11 Å². The number of ether oxygens (including phenoxy) is 1. The molecule has 1 fully saturated rings. The summed E-state index contributed by atoms with van der Waals surface area (Å²) in [7, 11) is 3.60. The second kappa shape index (κ2) is 5.27. The number of hydrogen-bond acceptors (Lipinski definition) is 4. The van der Waals surface area contributed by atoms with E-state index in [4.69, 9.17) is 9.84 Å². The molecule has 5 heteroatoms. The third-order valence-corrected chi connectivity index (χ3v) is 3.28. The molecule has 0 bridgehead atoms. The second-order valence-corrected chi connectivity index (χ2v) is 4.48. The minimum atomic E-state index is -0.961. The lowest BCUT2D eigenvalue weighted by atomic mass is 10.1. The summed E-state index contributed by atoms with van der Waals surface area (Å²) in [5.74, 6) is -0.546. The predicted molar refractivity (Wildman–Crippen MR) is 69.7 cm³/mol. The van der Waals surface area contributed by atoms with E-state index in [9.17, 15) is 4.79 Å². The smallest absolute Gasteiger partial charge is 0.339 e. The molecule has 0 radical (unpaired) electrons. The Balaban J connectivity index is 2.22. The third-order valence-electron chi connectivity index (χ3n) is 3.28. The van der Waals surface area contributed by atoms with Crippen LogP contribution in [0.1, 0.15) is 10.4 Å². The molecule has 1 aromatic rings. The Bertz CT molecular complexity index is 440. The highest BCUT2D eigenvalue weighted by Gasteiger charge is 2.17. The van der Waals surface area contributed by atoms with Crippen molar-refractivity contribution in [1.82, 2.24) is 4.90 Å². The fourth-order valence-electron chi connectivity index (χ4n) is 2.12. The maximum absolute atomic E-state index is 11.0. The number of benzene rings is 1. The number of carboxylic acid groups (broad SMARTS) is 1. The maximum atomic E-state index is 11.0. The fraction of sp³-hybridized carbons (Fsp3) is 0.462. The molecule has 0 atom stereocenters. The molecule has 1 saturated heterocycles. The molecule has 2 rings (SSSR count). The van der Waals surface area contributed by atoms with Crippen LogP contribution in [-0.4, -0.2) is 56.3 Å². The zero-order valence-electron chi connectivity index (χ0n) is 10.7. The maximum Gasteiger partial charge on any atom is 0.339 e. The van der Waals surface area contributed by atoms with Gasteiger partial charge in [0.1, 0.15) is 11.3 Å². The van der Waals surface area contributed by atoms with E-state index in [-0.39, 0.29) is 5.56 Å². The number of anilines is 1. The third kappa shape index (κ3) is 2.56. The Hall–Kier alpha value is -1.75. The predicted octanol–water partition coefficient (Wildman–Crippen LogP) is 1.15. The van der Waals surface area contributed by atoms with Crippen molar-refractivity contribution in [2.45, 2.75) is 0 Å². The lowest BCUT2D eigenvalue weighted by molar-refractivity contribution is 0.0693. The Labute approximate surface area is 107 Å². The van der Waals surface area contributed by atoms with Crippen LogP contribution >= 0.6 is 0 Å². The number of piperazine rings is 1. The molecule has 1 aromatic carbocycles. The monoisotopic (exact) mass is 250 g/mol. The van der Waals surface area contributed by atoms with Gasteiger partial charge in [-0.1, -0.05) is 0 Å². The summed E-state index contributed by atoms with van der Waals surface area (Å²) in [5, 5.41) is 9.03. The molecule has 1 aliphatic heterocycles. The summed E-state index contributed by atoms with van der Waals surface area (Å²) in [6.07, 6.45) is 0. The summed E-state index contributed by atoms with van der Waals surface area (Å²) in [5.41, 5.74) is 1.22. The van der Waals surface area contributed by atoms with Crippen LogP contribution in [0.15, 0.2) is 18.2 Å². The molecular formula is C13H18N2O3. The van der Waals surface area contributed by atoms with Gasteiger partial charge in [-0.3, -0.25) is 0 Å². The molecular weight excluding hydrogens is 232 g/mol. The van der Waals surface area contributed by atoms with Gasteiger partial charge in [0, 0.05) is 37.9 Å². The molecule has 5 nitrogen and oxygen atoms in total. The SMILES string of the molecule is COc1cc(N2CCN(C)CC2)ccc1C(=O)O. The lowest BCUT2D eigenvalue weighted by Gasteiger charge is -2.34. The van der Waals surface area contributed by atoms with E-state index < -0.39 is 5.97 Å². The Kier molecular flexibility index (Phi) is 3.72. The van der Waals surface area contributed by atoms with Gasteiger partial charge in [-0.05, 0) is 19.2 Å². The van der Waals surface area contributed by atoms with Crippen molar-refractivity contribution < 1.29 is 14.6 Å². The van der Waals surface area contributed by atoms with Crippen molar-refractivity contribution in [2.24, 2.45) is 0 Å². The molecule has 0 spiro atoms. The average Bonchev–Trinajstić information content (AvgIpc) is 2.38. The van der Waals surface area contributed by atoms with E-state index in [0.29, 0.717) is 5.75 Å². The van der Waals surface area contributed by atoms with Crippen LogP contribution in [0.2, 0.25) is 0 Å². The molecule has 1 heterocycles. The first kappa shape index (κ1) is 12.7. The first-order valence-corrected chi connectivity index (χ1v) is 5.96. The van der Waals surface area contributed by atoms with Crippen LogP contribution in [0.5, 0.6) is 5.75 Å². The summed E-state index contributed by atoms with van der Waals surface area (Å²) in [6, 6.07) is 5.25. The van der Waals surface area contributed by atoms with Gasteiger partial charge in [-0.2, -0.15) is 0 Å². The van der Waals surface area contributed by atoms with Crippen LogP contribution < -0.4 is 9.64 Å². The van der Waals surface area contributed by atoms with Crippen molar-refractivity contribution >= 4 is 11.7 Å². The number of nitrogens with zero attached hydrogens (tertiary/aromatic N) is 2. The van der Waals surface area contributed by atoms with Crippen molar-refractivity contribution in [1.29, 1.82) is 0 Å². The Morgan fingerprint density at radius 3 is 2.50 bits per heavy atom. The van der Waals surface area contributed by atoms with Crippen molar-refractivity contribution in [3.63, 3.8) is 0 Å². The van der Waals surface area contributed by atoms with Gasteiger partial charge < -0.3 is 19.6 Å². The summed E-state index contributed by atoms with van der Waals surface area (Å²) in [4.78, 5) is 15.5. The van der Waals surface area contributed by atoms with Gasteiger partial charge in [0.2, 0.25) is 0 Å². The van der Waals surface area contributed by atoms with Gasteiger partial charge in [0.15, 0.2) is 0 Å². The van der Waals surface area contributed by atoms with Gasteiger partial charge in [0.25, 0.3) is 0 Å². The van der Waals surface area contributed by atoms with Gasteiger partial charge in [-0.15, -0.1) is 0 Å². The normalized spacial score (nSPS) is 16.7. The van der Waals surface area contributed by atoms with Crippen molar-refractivity contribution in [3.8, 4) is 5.75 Å². The topological polar surface area (TPSA) is 53.0 Å². The number of likely N-dealkylation sites (N-methyl/N-ethyl adjacent to an activating group) is 1. The summed E-state index contributed by atoms with van der Waals surface area (Å²) in [6.45, 7) is 3.93. The van der Waals surface area contributed by atoms with Crippen molar-refractivity contribution in [3.05, 3.63) is 23.8 Å². The quantitative estimate of drug-likeness (QED) is 0.872. The number of rotatable bonds is 3. The number of aromatic carboxylic acids is 1. The first-order valence-electron chi connectivity index (χ1n) is 5.96.